The molecular weight excluding hydrogens is 232 g/mol. The fourth-order valence-corrected chi connectivity index (χ4v) is 2.09. The highest BCUT2D eigenvalue weighted by Gasteiger charge is 2.40. The van der Waals surface area contributed by atoms with Crippen LogP contribution in [0.1, 0.15) is 35.2 Å². The summed E-state index contributed by atoms with van der Waals surface area (Å²) in [5.41, 5.74) is 6.10. The topological polar surface area (TPSA) is 92.4 Å². The van der Waals surface area contributed by atoms with Crippen molar-refractivity contribution in [1.29, 1.82) is 0 Å². The second kappa shape index (κ2) is 4.42. The Hall–Kier alpha value is -1.88. The van der Waals surface area contributed by atoms with Crippen LogP contribution in [0, 0.1) is 6.92 Å². The van der Waals surface area contributed by atoms with Crippen molar-refractivity contribution < 1.29 is 14.7 Å². The summed E-state index contributed by atoms with van der Waals surface area (Å²) in [6.45, 7) is 1.70. The zero-order valence-electron chi connectivity index (χ0n) is 10.2. The van der Waals surface area contributed by atoms with E-state index in [1.165, 1.54) is 0 Å². The molecule has 0 unspecified atom stereocenters. The number of nitrogens with two attached hydrogens (primary N) is 1. The molecule has 96 valence electrons. The number of carboxylic acid groups (broad SMARTS) is 1. The fraction of sp³-hybridized carbons (Fsp3) is 0.385. The first kappa shape index (κ1) is 12.6. The lowest BCUT2D eigenvalue weighted by molar-refractivity contribution is -0.123. The second-order valence-corrected chi connectivity index (χ2v) is 4.77. The van der Waals surface area contributed by atoms with Gasteiger partial charge in [0.1, 0.15) is 0 Å². The van der Waals surface area contributed by atoms with Crippen molar-refractivity contribution >= 4 is 17.6 Å². The Morgan fingerprint density at radius 1 is 1.39 bits per heavy atom. The summed E-state index contributed by atoms with van der Waals surface area (Å²) in [7, 11) is 0. The number of amides is 1. The molecule has 1 aliphatic rings. The number of carbonyl (C=O) groups is 2. The van der Waals surface area contributed by atoms with Crippen LogP contribution in [-0.4, -0.2) is 22.5 Å². The largest absolute Gasteiger partial charge is 0.478 e. The minimum Gasteiger partial charge on any atom is -0.478 e. The molecule has 1 aliphatic carbocycles. The number of hydrogen-bond donors (Lipinski definition) is 3. The van der Waals surface area contributed by atoms with Gasteiger partial charge in [-0.15, -0.1) is 0 Å². The molecule has 0 saturated heterocycles. The number of nitrogens with one attached hydrogen (secondary N) is 1. The Morgan fingerprint density at radius 3 is 2.56 bits per heavy atom. The third-order valence-corrected chi connectivity index (χ3v) is 3.43. The van der Waals surface area contributed by atoms with Gasteiger partial charge in [-0.2, -0.15) is 0 Å². The molecule has 5 nitrogen and oxygen atoms in total. The van der Waals surface area contributed by atoms with Gasteiger partial charge in [-0.25, -0.2) is 4.79 Å². The molecule has 1 aromatic carbocycles. The molecule has 4 N–H and O–H groups in total. The Balaban J connectivity index is 2.26. The quantitative estimate of drug-likeness (QED) is 0.756. The van der Waals surface area contributed by atoms with E-state index in [2.05, 4.69) is 5.32 Å². The Morgan fingerprint density at radius 2 is 2.06 bits per heavy atom. The zero-order valence-corrected chi connectivity index (χ0v) is 10.2. The van der Waals surface area contributed by atoms with Gasteiger partial charge in [0.25, 0.3) is 0 Å². The summed E-state index contributed by atoms with van der Waals surface area (Å²) in [5.74, 6) is -1.36. The lowest BCUT2D eigenvalue weighted by atomic mass is 9.77. The highest BCUT2D eigenvalue weighted by Crippen LogP contribution is 2.31. The van der Waals surface area contributed by atoms with Crippen LogP contribution >= 0.6 is 0 Å². The van der Waals surface area contributed by atoms with Gasteiger partial charge in [0.05, 0.1) is 16.8 Å². The molecule has 0 spiro atoms. The van der Waals surface area contributed by atoms with Crippen molar-refractivity contribution in [1.82, 2.24) is 0 Å². The Kier molecular flexibility index (Phi) is 3.09. The average Bonchev–Trinajstić information content (AvgIpc) is 2.25. The maximum absolute atomic E-state index is 12.0. The van der Waals surface area contributed by atoms with Crippen molar-refractivity contribution in [2.75, 3.05) is 5.32 Å². The van der Waals surface area contributed by atoms with E-state index in [1.54, 1.807) is 25.1 Å². The SMILES string of the molecule is Cc1cccc(NC(=O)C2(N)CCC2)c1C(=O)O. The number of anilines is 1. The summed E-state index contributed by atoms with van der Waals surface area (Å²) < 4.78 is 0. The number of aryl methyl sites for hydroxylation is 1. The minimum absolute atomic E-state index is 0.119. The minimum atomic E-state index is -1.05. The van der Waals surface area contributed by atoms with Crippen LogP contribution in [0.4, 0.5) is 5.69 Å². The van der Waals surface area contributed by atoms with Crippen molar-refractivity contribution in [3.63, 3.8) is 0 Å². The lowest BCUT2D eigenvalue weighted by Gasteiger charge is -2.36. The van der Waals surface area contributed by atoms with Gasteiger partial charge in [0.15, 0.2) is 0 Å². The van der Waals surface area contributed by atoms with Crippen LogP contribution in [0.3, 0.4) is 0 Å². The first-order valence-corrected chi connectivity index (χ1v) is 5.87. The summed E-state index contributed by atoms with van der Waals surface area (Å²) in [4.78, 5) is 23.1. The molecule has 1 aromatic rings. The Labute approximate surface area is 105 Å². The van der Waals surface area contributed by atoms with Crippen LogP contribution in [0.5, 0.6) is 0 Å². The molecule has 0 aliphatic heterocycles. The van der Waals surface area contributed by atoms with Gasteiger partial charge >= 0.3 is 5.97 Å². The van der Waals surface area contributed by atoms with Crippen LogP contribution in [0.25, 0.3) is 0 Å². The molecular formula is C13H16N2O3. The monoisotopic (exact) mass is 248 g/mol. The molecule has 2 rings (SSSR count). The van der Waals surface area contributed by atoms with Crippen molar-refractivity contribution in [3.8, 4) is 0 Å². The molecule has 0 atom stereocenters. The van der Waals surface area contributed by atoms with E-state index >= 15 is 0 Å². The van der Waals surface area contributed by atoms with Gasteiger partial charge in [0.2, 0.25) is 5.91 Å². The third-order valence-electron chi connectivity index (χ3n) is 3.43. The fourth-order valence-electron chi connectivity index (χ4n) is 2.09. The molecule has 1 fully saturated rings. The predicted octanol–water partition coefficient (Wildman–Crippen LogP) is 1.51. The van der Waals surface area contributed by atoms with Crippen molar-refractivity contribution in [2.24, 2.45) is 5.73 Å². The van der Waals surface area contributed by atoms with E-state index in [-0.39, 0.29) is 11.5 Å². The van der Waals surface area contributed by atoms with Crippen LogP contribution < -0.4 is 11.1 Å². The van der Waals surface area contributed by atoms with E-state index in [0.717, 1.165) is 6.42 Å². The number of carbonyl (C=O) groups excluding carboxylic acids is 1. The molecule has 0 heterocycles. The summed E-state index contributed by atoms with van der Waals surface area (Å²) in [6.07, 6.45) is 2.23. The molecule has 0 aromatic heterocycles. The molecule has 0 bridgehead atoms. The molecule has 5 heteroatoms. The lowest BCUT2D eigenvalue weighted by Crippen LogP contribution is -2.56. The molecule has 1 saturated carbocycles. The van der Waals surface area contributed by atoms with E-state index in [9.17, 15) is 9.59 Å². The van der Waals surface area contributed by atoms with Gasteiger partial charge in [-0.3, -0.25) is 4.79 Å². The third kappa shape index (κ3) is 2.09. The maximum atomic E-state index is 12.0. The number of aromatic carboxylic acids is 1. The number of hydrogen-bond acceptors (Lipinski definition) is 3. The standard InChI is InChI=1S/C13H16N2O3/c1-8-4-2-5-9(10(8)11(16)17)15-12(18)13(14)6-3-7-13/h2,4-5H,3,6-7,14H2,1H3,(H,15,18)(H,16,17). The zero-order chi connectivity index (χ0) is 13.3. The molecule has 18 heavy (non-hydrogen) atoms. The van der Waals surface area contributed by atoms with Gasteiger partial charge < -0.3 is 16.2 Å². The number of carboxylic acids is 1. The number of benzene rings is 1. The molecule has 0 radical (unpaired) electrons. The van der Waals surface area contributed by atoms with Gasteiger partial charge in [-0.05, 0) is 37.8 Å². The average molecular weight is 248 g/mol. The highest BCUT2D eigenvalue weighted by molar-refractivity contribution is 6.04. The first-order chi connectivity index (χ1) is 8.44. The van der Waals surface area contributed by atoms with Crippen molar-refractivity contribution in [3.05, 3.63) is 29.3 Å². The van der Waals surface area contributed by atoms with Gasteiger partial charge in [0, 0.05) is 0 Å². The van der Waals surface area contributed by atoms with E-state index in [0.29, 0.717) is 24.1 Å². The molecule has 1 amide bonds. The summed E-state index contributed by atoms with van der Waals surface area (Å²) in [5, 5.41) is 11.8. The predicted molar refractivity (Wildman–Crippen MR) is 67.5 cm³/mol. The van der Waals surface area contributed by atoms with E-state index in [4.69, 9.17) is 10.8 Å². The van der Waals surface area contributed by atoms with Crippen LogP contribution in [0.2, 0.25) is 0 Å². The van der Waals surface area contributed by atoms with E-state index in [1.807, 2.05) is 0 Å². The summed E-state index contributed by atoms with van der Waals surface area (Å²) in [6, 6.07) is 4.98. The smallest absolute Gasteiger partial charge is 0.338 e. The summed E-state index contributed by atoms with van der Waals surface area (Å²) >= 11 is 0. The highest BCUT2D eigenvalue weighted by atomic mass is 16.4. The van der Waals surface area contributed by atoms with Crippen LogP contribution in [0.15, 0.2) is 18.2 Å². The maximum Gasteiger partial charge on any atom is 0.338 e. The van der Waals surface area contributed by atoms with Crippen LogP contribution in [-0.2, 0) is 4.79 Å². The van der Waals surface area contributed by atoms with E-state index < -0.39 is 11.5 Å². The normalized spacial score (nSPS) is 16.8. The first-order valence-electron chi connectivity index (χ1n) is 5.87. The van der Waals surface area contributed by atoms with Crippen molar-refractivity contribution in [2.45, 2.75) is 31.7 Å². The van der Waals surface area contributed by atoms with Gasteiger partial charge in [-0.1, -0.05) is 12.1 Å². The second-order valence-electron chi connectivity index (χ2n) is 4.77. The number of rotatable bonds is 3. The Bertz CT molecular complexity index is 507.